The van der Waals surface area contributed by atoms with Crippen LogP contribution in [-0.2, 0) is 4.79 Å². The van der Waals surface area contributed by atoms with Gasteiger partial charge in [-0.15, -0.1) is 0 Å². The molecule has 0 radical (unpaired) electrons. The van der Waals surface area contributed by atoms with E-state index in [0.29, 0.717) is 18.5 Å². The van der Waals surface area contributed by atoms with Gasteiger partial charge in [0.2, 0.25) is 0 Å². The molecule has 1 aliphatic heterocycles. The number of carbonyl (C=O) groups excluding carboxylic acids is 1. The minimum atomic E-state index is -0.861. The maximum atomic E-state index is 12.6. The number of carboxylic acid groups (broad SMARTS) is 1. The Morgan fingerprint density at radius 2 is 1.91 bits per heavy atom. The molecule has 1 N–H and O–H groups in total. The summed E-state index contributed by atoms with van der Waals surface area (Å²) in [6.07, 6.45) is 3.72. The lowest BCUT2D eigenvalue weighted by Gasteiger charge is -2.20. The van der Waals surface area contributed by atoms with Gasteiger partial charge < -0.3 is 10.0 Å². The number of aromatic nitrogens is 1. The van der Waals surface area contributed by atoms with Crippen molar-refractivity contribution in [2.45, 2.75) is 13.3 Å². The molecule has 5 nitrogen and oxygen atoms in total. The van der Waals surface area contributed by atoms with Crippen LogP contribution in [0.4, 0.5) is 0 Å². The molecule has 0 spiro atoms. The first-order chi connectivity index (χ1) is 11.0. The summed E-state index contributed by atoms with van der Waals surface area (Å²) in [7, 11) is 0. The van der Waals surface area contributed by atoms with E-state index in [0.717, 1.165) is 11.1 Å². The molecular formula is C18H18N2O3. The molecule has 3 rings (SSSR count). The van der Waals surface area contributed by atoms with Crippen molar-refractivity contribution in [2.75, 3.05) is 13.1 Å². The maximum Gasteiger partial charge on any atom is 0.311 e. The number of hydrogen-bond donors (Lipinski definition) is 1. The number of amides is 1. The van der Waals surface area contributed by atoms with E-state index in [9.17, 15) is 14.7 Å². The summed E-state index contributed by atoms with van der Waals surface area (Å²) in [5, 5.41) is 9.29. The molecule has 1 aromatic carbocycles. The van der Waals surface area contributed by atoms with Crippen molar-refractivity contribution in [1.82, 2.24) is 9.88 Å². The monoisotopic (exact) mass is 310 g/mol. The van der Waals surface area contributed by atoms with Crippen molar-refractivity contribution < 1.29 is 14.7 Å². The molecule has 118 valence electrons. The van der Waals surface area contributed by atoms with Crippen LogP contribution in [0.3, 0.4) is 0 Å². The fraction of sp³-hybridized carbons (Fsp3) is 0.278. The Bertz CT molecular complexity index is 745. The number of aliphatic carboxylic acids is 1. The second-order valence-corrected chi connectivity index (χ2v) is 6.17. The largest absolute Gasteiger partial charge is 0.481 e. The SMILES string of the molecule is CC1(C(=O)O)CCN(C(=O)c2cncc(-c3ccccc3)c2)C1. The zero-order chi connectivity index (χ0) is 16.4. The van der Waals surface area contributed by atoms with Crippen LogP contribution in [0.2, 0.25) is 0 Å². The zero-order valence-electron chi connectivity index (χ0n) is 12.9. The van der Waals surface area contributed by atoms with Gasteiger partial charge in [-0.1, -0.05) is 30.3 Å². The molecular weight excluding hydrogens is 292 g/mol. The third-order valence-electron chi connectivity index (χ3n) is 4.37. The van der Waals surface area contributed by atoms with Gasteiger partial charge in [0.05, 0.1) is 11.0 Å². The van der Waals surface area contributed by atoms with Gasteiger partial charge in [0.25, 0.3) is 5.91 Å². The van der Waals surface area contributed by atoms with E-state index < -0.39 is 11.4 Å². The molecule has 0 aliphatic carbocycles. The Kier molecular flexibility index (Phi) is 3.86. The van der Waals surface area contributed by atoms with Crippen molar-refractivity contribution in [3.8, 4) is 11.1 Å². The van der Waals surface area contributed by atoms with Crippen LogP contribution in [-0.4, -0.2) is 40.0 Å². The predicted molar refractivity (Wildman–Crippen MR) is 85.9 cm³/mol. The highest BCUT2D eigenvalue weighted by Crippen LogP contribution is 2.31. The smallest absolute Gasteiger partial charge is 0.311 e. The van der Waals surface area contributed by atoms with Crippen LogP contribution in [0.5, 0.6) is 0 Å². The van der Waals surface area contributed by atoms with Gasteiger partial charge in [0.1, 0.15) is 0 Å². The van der Waals surface area contributed by atoms with Crippen LogP contribution in [0.25, 0.3) is 11.1 Å². The van der Waals surface area contributed by atoms with Gasteiger partial charge in [-0.05, 0) is 25.0 Å². The van der Waals surface area contributed by atoms with Gasteiger partial charge in [0.15, 0.2) is 0 Å². The maximum absolute atomic E-state index is 12.6. The van der Waals surface area contributed by atoms with E-state index in [-0.39, 0.29) is 12.5 Å². The summed E-state index contributed by atoms with van der Waals surface area (Å²) in [5.41, 5.74) is 1.49. The third kappa shape index (κ3) is 2.95. The second-order valence-electron chi connectivity index (χ2n) is 6.17. The van der Waals surface area contributed by atoms with Gasteiger partial charge in [-0.3, -0.25) is 14.6 Å². The first-order valence-electron chi connectivity index (χ1n) is 7.53. The summed E-state index contributed by atoms with van der Waals surface area (Å²) >= 11 is 0. The van der Waals surface area contributed by atoms with E-state index in [1.807, 2.05) is 30.3 Å². The molecule has 1 amide bonds. The van der Waals surface area contributed by atoms with Crippen molar-refractivity contribution in [1.29, 1.82) is 0 Å². The van der Waals surface area contributed by atoms with Crippen molar-refractivity contribution in [3.63, 3.8) is 0 Å². The zero-order valence-corrected chi connectivity index (χ0v) is 12.9. The topological polar surface area (TPSA) is 70.5 Å². The highest BCUT2D eigenvalue weighted by Gasteiger charge is 2.42. The van der Waals surface area contributed by atoms with Crippen molar-refractivity contribution in [3.05, 3.63) is 54.4 Å². The number of benzene rings is 1. The number of nitrogens with zero attached hydrogens (tertiary/aromatic N) is 2. The molecule has 1 saturated heterocycles. The fourth-order valence-electron chi connectivity index (χ4n) is 2.84. The summed E-state index contributed by atoms with van der Waals surface area (Å²) in [6.45, 7) is 2.37. The Morgan fingerprint density at radius 1 is 1.17 bits per heavy atom. The average molecular weight is 310 g/mol. The number of pyridine rings is 1. The molecule has 0 bridgehead atoms. The van der Waals surface area contributed by atoms with E-state index in [4.69, 9.17) is 0 Å². The number of rotatable bonds is 3. The molecule has 23 heavy (non-hydrogen) atoms. The lowest BCUT2D eigenvalue weighted by molar-refractivity contribution is -0.147. The first-order valence-corrected chi connectivity index (χ1v) is 7.53. The molecule has 1 aromatic heterocycles. The van der Waals surface area contributed by atoms with Crippen molar-refractivity contribution >= 4 is 11.9 Å². The molecule has 1 aliphatic rings. The molecule has 2 aromatic rings. The molecule has 5 heteroatoms. The lowest BCUT2D eigenvalue weighted by Crippen LogP contribution is -2.34. The summed E-state index contributed by atoms with van der Waals surface area (Å²) in [5.74, 6) is -1.02. The fourth-order valence-corrected chi connectivity index (χ4v) is 2.84. The normalized spacial score (nSPS) is 20.5. The molecule has 0 saturated carbocycles. The van der Waals surface area contributed by atoms with Crippen LogP contribution in [0.15, 0.2) is 48.8 Å². The average Bonchev–Trinajstić information content (AvgIpc) is 2.99. The Hall–Kier alpha value is -2.69. The van der Waals surface area contributed by atoms with E-state index in [1.165, 1.54) is 6.20 Å². The quantitative estimate of drug-likeness (QED) is 0.946. The predicted octanol–water partition coefficient (Wildman–Crippen LogP) is 2.69. The summed E-state index contributed by atoms with van der Waals surface area (Å²) in [6, 6.07) is 11.5. The minimum absolute atomic E-state index is 0.166. The van der Waals surface area contributed by atoms with E-state index in [1.54, 1.807) is 24.1 Å². The van der Waals surface area contributed by atoms with Gasteiger partial charge in [-0.2, -0.15) is 0 Å². The number of likely N-dealkylation sites (tertiary alicyclic amines) is 1. The van der Waals surface area contributed by atoms with Gasteiger partial charge >= 0.3 is 5.97 Å². The van der Waals surface area contributed by atoms with E-state index >= 15 is 0 Å². The number of carbonyl (C=O) groups is 2. The standard InChI is InChI=1S/C18H18N2O3/c1-18(17(22)23)7-8-20(12-18)16(21)15-9-14(10-19-11-15)13-5-3-2-4-6-13/h2-6,9-11H,7-8,12H2,1H3,(H,22,23). The Morgan fingerprint density at radius 3 is 2.57 bits per heavy atom. The van der Waals surface area contributed by atoms with Crippen LogP contribution < -0.4 is 0 Å². The first kappa shape index (κ1) is 15.2. The van der Waals surface area contributed by atoms with Gasteiger partial charge in [-0.25, -0.2) is 0 Å². The van der Waals surface area contributed by atoms with Crippen LogP contribution >= 0.6 is 0 Å². The highest BCUT2D eigenvalue weighted by molar-refractivity contribution is 5.95. The molecule has 2 heterocycles. The number of carboxylic acids is 1. The Labute approximate surface area is 134 Å². The Balaban J connectivity index is 1.83. The van der Waals surface area contributed by atoms with Crippen molar-refractivity contribution in [2.24, 2.45) is 5.41 Å². The summed E-state index contributed by atoms with van der Waals surface area (Å²) < 4.78 is 0. The second kappa shape index (κ2) is 5.83. The van der Waals surface area contributed by atoms with E-state index in [2.05, 4.69) is 4.98 Å². The molecule has 1 unspecified atom stereocenters. The third-order valence-corrected chi connectivity index (χ3v) is 4.37. The minimum Gasteiger partial charge on any atom is -0.481 e. The summed E-state index contributed by atoms with van der Waals surface area (Å²) in [4.78, 5) is 29.7. The number of hydrogen-bond acceptors (Lipinski definition) is 3. The van der Waals surface area contributed by atoms with Gasteiger partial charge in [0, 0.05) is 31.0 Å². The van der Waals surface area contributed by atoms with Crippen LogP contribution in [0, 0.1) is 5.41 Å². The highest BCUT2D eigenvalue weighted by atomic mass is 16.4. The molecule has 1 fully saturated rings. The van der Waals surface area contributed by atoms with Crippen LogP contribution in [0.1, 0.15) is 23.7 Å². The lowest BCUT2D eigenvalue weighted by atomic mass is 9.90. The molecule has 1 atom stereocenters.